The summed E-state index contributed by atoms with van der Waals surface area (Å²) in [6.07, 6.45) is -14.3. The van der Waals surface area contributed by atoms with Gasteiger partial charge in [-0.15, -0.1) is 0 Å². The number of ether oxygens (including phenoxy) is 4. The second-order valence-electron chi connectivity index (χ2n) is 5.96. The third-order valence-corrected chi connectivity index (χ3v) is 4.29. The molecule has 0 radical (unpaired) electrons. The Morgan fingerprint density at radius 1 is 0.704 bits per heavy atom. The van der Waals surface area contributed by atoms with E-state index in [-0.39, 0.29) is 21.5 Å². The van der Waals surface area contributed by atoms with Crippen LogP contribution in [-0.2, 0) is 18.9 Å². The molecule has 2 heterocycles. The highest BCUT2D eigenvalue weighted by molar-refractivity contribution is 4.93. The zero-order chi connectivity index (χ0) is 18.7. The van der Waals surface area contributed by atoms with Gasteiger partial charge in [-0.2, -0.15) is 0 Å². The van der Waals surface area contributed by atoms with Crippen LogP contribution in [-0.4, -0.2) is 117 Å². The molecule has 10 unspecified atom stereocenters. The molecular weight excluding hydrogens is 368 g/mol. The normalized spacial score (nSPS) is 44.9. The molecule has 11 nitrogen and oxygen atoms in total. The third-order valence-electron chi connectivity index (χ3n) is 4.29. The first-order valence-corrected chi connectivity index (χ1v) is 8.05. The van der Waals surface area contributed by atoms with Crippen molar-refractivity contribution in [2.24, 2.45) is 0 Å². The van der Waals surface area contributed by atoms with E-state index < -0.39 is 74.6 Å². The van der Waals surface area contributed by atoms with E-state index in [1.807, 2.05) is 0 Å². The van der Waals surface area contributed by atoms with E-state index in [1.54, 1.807) is 6.92 Å². The molecule has 2 rings (SSSR count). The molecule has 11 heteroatoms. The Morgan fingerprint density at radius 3 is 1.74 bits per heavy atom. The van der Waals surface area contributed by atoms with E-state index >= 15 is 0 Å². The molecule has 0 spiro atoms. The van der Waals surface area contributed by atoms with Crippen molar-refractivity contribution in [1.29, 1.82) is 0 Å². The molecule has 10 atom stereocenters. The van der Waals surface area contributed by atoms with Crippen molar-refractivity contribution in [3.63, 3.8) is 0 Å². The van der Waals surface area contributed by atoms with Crippen LogP contribution in [0.25, 0.3) is 0 Å². The van der Waals surface area contributed by atoms with Crippen LogP contribution < -0.4 is 0 Å². The van der Waals surface area contributed by atoms with E-state index in [4.69, 9.17) is 18.9 Å². The van der Waals surface area contributed by atoms with E-state index in [9.17, 15) is 35.7 Å². The van der Waals surface area contributed by atoms with Crippen LogP contribution in [0.5, 0.6) is 0 Å². The SMILES string of the molecule is C.C.CCOC1OC(CO)C(OC2OC(CO)C(O)C(O)C2O)C(O)C1O. The first-order chi connectivity index (χ1) is 11.8. The predicted octanol–water partition coefficient (Wildman–Crippen LogP) is -3.08. The van der Waals surface area contributed by atoms with E-state index in [1.165, 1.54) is 0 Å². The fourth-order valence-corrected chi connectivity index (χ4v) is 2.86. The van der Waals surface area contributed by atoms with Gasteiger partial charge < -0.3 is 54.7 Å². The Bertz CT molecular complexity index is 408. The Kier molecular flexibility index (Phi) is 11.3. The fourth-order valence-electron chi connectivity index (χ4n) is 2.86. The number of aliphatic hydroxyl groups is 7. The Hall–Kier alpha value is -0.440. The number of aliphatic hydroxyl groups excluding tert-OH is 7. The molecule has 0 aromatic heterocycles. The topological polar surface area (TPSA) is 179 Å². The molecular formula is C16H34O11. The van der Waals surface area contributed by atoms with E-state index in [2.05, 4.69) is 0 Å². The first kappa shape index (κ1) is 26.6. The standard InChI is InChI=1S/C14H26O11.2CH4/c1-2-22-13-11(21)9(19)12(6(4-16)24-13)25-14-10(20)8(18)7(17)5(3-15)23-14;;/h5-21H,2-4H2,1H3;2*1H4. The number of hydrogen-bond acceptors (Lipinski definition) is 11. The van der Waals surface area contributed by atoms with Gasteiger partial charge in [-0.3, -0.25) is 0 Å². The minimum Gasteiger partial charge on any atom is -0.394 e. The zero-order valence-electron chi connectivity index (χ0n) is 13.7. The summed E-state index contributed by atoms with van der Waals surface area (Å²) < 4.78 is 21.1. The largest absolute Gasteiger partial charge is 0.394 e. The van der Waals surface area contributed by atoms with Crippen LogP contribution in [0.1, 0.15) is 21.8 Å². The van der Waals surface area contributed by atoms with Crippen LogP contribution in [0.3, 0.4) is 0 Å². The lowest BCUT2D eigenvalue weighted by atomic mass is 9.97. The monoisotopic (exact) mass is 402 g/mol. The summed E-state index contributed by atoms with van der Waals surface area (Å²) >= 11 is 0. The maximum atomic E-state index is 10.2. The summed E-state index contributed by atoms with van der Waals surface area (Å²) in [5.41, 5.74) is 0. The van der Waals surface area contributed by atoms with Gasteiger partial charge in [0.2, 0.25) is 0 Å². The van der Waals surface area contributed by atoms with Gasteiger partial charge >= 0.3 is 0 Å². The summed E-state index contributed by atoms with van der Waals surface area (Å²) in [5, 5.41) is 68.4. The highest BCUT2D eigenvalue weighted by Crippen LogP contribution is 2.29. The van der Waals surface area contributed by atoms with Crippen molar-refractivity contribution in [1.82, 2.24) is 0 Å². The summed E-state index contributed by atoms with van der Waals surface area (Å²) in [5.74, 6) is 0. The maximum absolute atomic E-state index is 10.2. The Labute approximate surface area is 158 Å². The number of rotatable bonds is 6. The Morgan fingerprint density at radius 2 is 1.22 bits per heavy atom. The van der Waals surface area contributed by atoms with Gasteiger partial charge in [0.05, 0.1) is 13.2 Å². The van der Waals surface area contributed by atoms with Gasteiger partial charge in [0.15, 0.2) is 12.6 Å². The third kappa shape index (κ3) is 5.55. The zero-order valence-corrected chi connectivity index (χ0v) is 13.7. The van der Waals surface area contributed by atoms with Crippen molar-refractivity contribution >= 4 is 0 Å². The van der Waals surface area contributed by atoms with Gasteiger partial charge in [0.25, 0.3) is 0 Å². The van der Waals surface area contributed by atoms with E-state index in [0.717, 1.165) is 0 Å². The van der Waals surface area contributed by atoms with Crippen LogP contribution >= 0.6 is 0 Å². The quantitative estimate of drug-likeness (QED) is 0.239. The summed E-state index contributed by atoms with van der Waals surface area (Å²) in [6, 6.07) is 0. The molecule has 27 heavy (non-hydrogen) atoms. The summed E-state index contributed by atoms with van der Waals surface area (Å²) in [7, 11) is 0. The van der Waals surface area contributed by atoms with Crippen molar-refractivity contribution in [3.05, 3.63) is 0 Å². The molecule has 164 valence electrons. The average molecular weight is 402 g/mol. The molecule has 7 N–H and O–H groups in total. The van der Waals surface area contributed by atoms with Gasteiger partial charge in [-0.05, 0) is 6.92 Å². The highest BCUT2D eigenvalue weighted by atomic mass is 16.7. The molecule has 0 bridgehead atoms. The van der Waals surface area contributed by atoms with Gasteiger partial charge in [-0.25, -0.2) is 0 Å². The highest BCUT2D eigenvalue weighted by Gasteiger charge is 2.50. The minimum absolute atomic E-state index is 0. The smallest absolute Gasteiger partial charge is 0.187 e. The van der Waals surface area contributed by atoms with Crippen LogP contribution in [0.2, 0.25) is 0 Å². The van der Waals surface area contributed by atoms with E-state index in [0.29, 0.717) is 0 Å². The van der Waals surface area contributed by atoms with Crippen LogP contribution in [0, 0.1) is 0 Å². The van der Waals surface area contributed by atoms with Gasteiger partial charge in [0, 0.05) is 6.61 Å². The fraction of sp³-hybridized carbons (Fsp3) is 1.00. The van der Waals surface area contributed by atoms with Gasteiger partial charge in [0.1, 0.15) is 48.8 Å². The average Bonchev–Trinajstić information content (AvgIpc) is 2.61. The summed E-state index contributed by atoms with van der Waals surface area (Å²) in [6.45, 7) is 0.625. The number of hydrogen-bond donors (Lipinski definition) is 7. The lowest BCUT2D eigenvalue weighted by molar-refractivity contribution is -0.359. The van der Waals surface area contributed by atoms with Crippen LogP contribution in [0.15, 0.2) is 0 Å². The van der Waals surface area contributed by atoms with Crippen molar-refractivity contribution < 1.29 is 54.7 Å². The molecule has 2 aliphatic rings. The second-order valence-corrected chi connectivity index (χ2v) is 5.96. The lowest BCUT2D eigenvalue weighted by Gasteiger charge is -2.45. The molecule has 0 aliphatic carbocycles. The van der Waals surface area contributed by atoms with Crippen LogP contribution in [0.4, 0.5) is 0 Å². The van der Waals surface area contributed by atoms with Crippen molar-refractivity contribution in [2.45, 2.75) is 83.2 Å². The molecule has 2 saturated heterocycles. The Balaban J connectivity index is 0.00000338. The second kappa shape index (κ2) is 11.5. The molecule has 0 saturated carbocycles. The first-order valence-electron chi connectivity index (χ1n) is 8.05. The summed E-state index contributed by atoms with van der Waals surface area (Å²) in [4.78, 5) is 0. The van der Waals surface area contributed by atoms with Crippen molar-refractivity contribution in [2.75, 3.05) is 19.8 Å². The molecule has 2 fully saturated rings. The molecule has 0 aromatic carbocycles. The maximum Gasteiger partial charge on any atom is 0.187 e. The minimum atomic E-state index is -1.69. The predicted molar refractivity (Wildman–Crippen MR) is 91.5 cm³/mol. The molecule has 2 aliphatic heterocycles. The lowest BCUT2D eigenvalue weighted by Crippen LogP contribution is -2.64. The van der Waals surface area contributed by atoms with Gasteiger partial charge in [-0.1, -0.05) is 14.9 Å². The molecule has 0 aromatic rings. The molecule has 0 amide bonds. The van der Waals surface area contributed by atoms with Crippen molar-refractivity contribution in [3.8, 4) is 0 Å².